The summed E-state index contributed by atoms with van der Waals surface area (Å²) in [6, 6.07) is 0. The Morgan fingerprint density at radius 1 is 1.60 bits per heavy atom. The van der Waals surface area contributed by atoms with Crippen molar-refractivity contribution in [1.82, 2.24) is 9.97 Å². The molecule has 0 radical (unpaired) electrons. The molecule has 0 spiro atoms. The van der Waals surface area contributed by atoms with Crippen LogP contribution in [0, 0.1) is 0 Å². The van der Waals surface area contributed by atoms with Crippen LogP contribution in [0.4, 0.5) is 5.95 Å². The van der Waals surface area contributed by atoms with Gasteiger partial charge in [-0.1, -0.05) is 0 Å². The summed E-state index contributed by atoms with van der Waals surface area (Å²) in [7, 11) is 0. The predicted octanol–water partition coefficient (Wildman–Crippen LogP) is -0.144. The van der Waals surface area contributed by atoms with Crippen molar-refractivity contribution in [2.24, 2.45) is 5.73 Å². The van der Waals surface area contributed by atoms with Crippen LogP contribution >= 0.6 is 0 Å². The first-order chi connectivity index (χ1) is 7.21. The van der Waals surface area contributed by atoms with Crippen molar-refractivity contribution in [3.8, 4) is 0 Å². The Hall–Kier alpha value is -1.40. The Morgan fingerprint density at radius 2 is 2.33 bits per heavy atom. The van der Waals surface area contributed by atoms with Gasteiger partial charge in [-0.05, 0) is 12.8 Å². The number of carbonyl (C=O) groups excluding carboxylic acids is 1. The van der Waals surface area contributed by atoms with E-state index in [1.165, 1.54) is 0 Å². The molecule has 1 aliphatic heterocycles. The van der Waals surface area contributed by atoms with Gasteiger partial charge in [0.15, 0.2) is 0 Å². The Labute approximate surface area is 87.2 Å². The molecule has 1 aliphatic rings. The van der Waals surface area contributed by atoms with E-state index in [1.54, 1.807) is 12.4 Å². The van der Waals surface area contributed by atoms with Crippen molar-refractivity contribution < 1.29 is 9.53 Å². The van der Waals surface area contributed by atoms with Gasteiger partial charge in [-0.15, -0.1) is 0 Å². The SMILES string of the molecule is NC1(C(=O)Nc2ncc[nH]2)CCOCC1. The topological polar surface area (TPSA) is 93.0 Å². The van der Waals surface area contributed by atoms with E-state index < -0.39 is 5.54 Å². The molecule has 6 heteroatoms. The van der Waals surface area contributed by atoms with Gasteiger partial charge in [-0.25, -0.2) is 4.98 Å². The van der Waals surface area contributed by atoms with Crippen LogP contribution in [0.15, 0.2) is 12.4 Å². The fourth-order valence-electron chi connectivity index (χ4n) is 1.53. The molecule has 1 amide bonds. The number of hydrogen-bond acceptors (Lipinski definition) is 4. The number of carbonyl (C=O) groups is 1. The Bertz CT molecular complexity index is 330. The van der Waals surface area contributed by atoms with Gasteiger partial charge in [0, 0.05) is 25.6 Å². The van der Waals surface area contributed by atoms with Crippen LogP contribution in [0.2, 0.25) is 0 Å². The number of amides is 1. The molecule has 1 aromatic rings. The average Bonchev–Trinajstić information content (AvgIpc) is 2.71. The minimum absolute atomic E-state index is 0.208. The smallest absolute Gasteiger partial charge is 0.246 e. The third kappa shape index (κ3) is 2.16. The molecule has 0 atom stereocenters. The lowest BCUT2D eigenvalue weighted by Crippen LogP contribution is -2.54. The third-order valence-electron chi connectivity index (χ3n) is 2.57. The Balaban J connectivity index is 2.00. The zero-order valence-electron chi connectivity index (χ0n) is 8.32. The summed E-state index contributed by atoms with van der Waals surface area (Å²) in [6.45, 7) is 1.06. The summed E-state index contributed by atoms with van der Waals surface area (Å²) in [4.78, 5) is 18.5. The molecule has 1 fully saturated rings. The number of ether oxygens (including phenoxy) is 1. The van der Waals surface area contributed by atoms with Crippen molar-refractivity contribution >= 4 is 11.9 Å². The summed E-state index contributed by atoms with van der Waals surface area (Å²) in [5.41, 5.74) is 5.16. The number of rotatable bonds is 2. The highest BCUT2D eigenvalue weighted by atomic mass is 16.5. The van der Waals surface area contributed by atoms with E-state index in [9.17, 15) is 4.79 Å². The van der Waals surface area contributed by atoms with Crippen LogP contribution in [-0.2, 0) is 9.53 Å². The molecule has 0 aromatic carbocycles. The van der Waals surface area contributed by atoms with Gasteiger partial charge < -0.3 is 15.5 Å². The summed E-state index contributed by atoms with van der Waals surface area (Å²) >= 11 is 0. The highest BCUT2D eigenvalue weighted by Crippen LogP contribution is 2.18. The van der Waals surface area contributed by atoms with Crippen LogP contribution in [0.1, 0.15) is 12.8 Å². The molecule has 0 bridgehead atoms. The van der Waals surface area contributed by atoms with Gasteiger partial charge in [-0.2, -0.15) is 0 Å². The number of aromatic nitrogens is 2. The van der Waals surface area contributed by atoms with Gasteiger partial charge in [0.05, 0.1) is 0 Å². The van der Waals surface area contributed by atoms with Crippen molar-refractivity contribution in [1.29, 1.82) is 0 Å². The Kier molecular flexibility index (Phi) is 2.70. The van der Waals surface area contributed by atoms with E-state index in [4.69, 9.17) is 10.5 Å². The van der Waals surface area contributed by atoms with Gasteiger partial charge >= 0.3 is 0 Å². The summed E-state index contributed by atoms with van der Waals surface area (Å²) < 4.78 is 5.17. The first-order valence-corrected chi connectivity index (χ1v) is 4.88. The molecule has 0 saturated carbocycles. The standard InChI is InChI=1S/C9H14N4O2/c10-9(1-5-15-6-2-9)7(14)13-8-11-3-4-12-8/h3-4H,1-2,5-6,10H2,(H2,11,12,13,14). The number of anilines is 1. The van der Waals surface area contributed by atoms with Crippen LogP contribution in [0.3, 0.4) is 0 Å². The second kappa shape index (κ2) is 4.00. The summed E-state index contributed by atoms with van der Waals surface area (Å²) in [5, 5.41) is 2.65. The second-order valence-electron chi connectivity index (χ2n) is 3.66. The van der Waals surface area contributed by atoms with Crippen LogP contribution in [0.5, 0.6) is 0 Å². The summed E-state index contributed by atoms with van der Waals surface area (Å²) in [5.74, 6) is 0.220. The monoisotopic (exact) mass is 210 g/mol. The predicted molar refractivity (Wildman–Crippen MR) is 54.2 cm³/mol. The highest BCUT2D eigenvalue weighted by molar-refractivity contribution is 5.96. The third-order valence-corrected chi connectivity index (χ3v) is 2.57. The van der Waals surface area contributed by atoms with Crippen LogP contribution in [-0.4, -0.2) is 34.6 Å². The normalized spacial score (nSPS) is 19.8. The van der Waals surface area contributed by atoms with Gasteiger partial charge in [-0.3, -0.25) is 10.1 Å². The molecule has 15 heavy (non-hydrogen) atoms. The first kappa shape index (κ1) is 10.1. The first-order valence-electron chi connectivity index (χ1n) is 4.88. The van der Waals surface area contributed by atoms with E-state index in [0.29, 0.717) is 32.0 Å². The van der Waals surface area contributed by atoms with Crippen LogP contribution < -0.4 is 11.1 Å². The maximum atomic E-state index is 11.8. The van der Waals surface area contributed by atoms with Crippen molar-refractivity contribution in [2.75, 3.05) is 18.5 Å². The largest absolute Gasteiger partial charge is 0.381 e. The van der Waals surface area contributed by atoms with Gasteiger partial charge in [0.2, 0.25) is 11.9 Å². The molecule has 4 N–H and O–H groups in total. The van der Waals surface area contributed by atoms with Gasteiger partial charge in [0.25, 0.3) is 0 Å². The molecular formula is C9H14N4O2. The number of nitrogens with one attached hydrogen (secondary N) is 2. The minimum atomic E-state index is -0.828. The fraction of sp³-hybridized carbons (Fsp3) is 0.556. The molecule has 0 unspecified atom stereocenters. The molecule has 0 aliphatic carbocycles. The minimum Gasteiger partial charge on any atom is -0.381 e. The number of nitrogens with zero attached hydrogens (tertiary/aromatic N) is 1. The molecule has 2 rings (SSSR count). The number of aromatic amines is 1. The van der Waals surface area contributed by atoms with Gasteiger partial charge in [0.1, 0.15) is 5.54 Å². The molecule has 1 saturated heterocycles. The lowest BCUT2D eigenvalue weighted by Gasteiger charge is -2.31. The second-order valence-corrected chi connectivity index (χ2v) is 3.66. The maximum absolute atomic E-state index is 11.8. The number of nitrogens with two attached hydrogens (primary N) is 1. The van der Waals surface area contributed by atoms with E-state index in [1.807, 2.05) is 0 Å². The van der Waals surface area contributed by atoms with Crippen molar-refractivity contribution in [2.45, 2.75) is 18.4 Å². The van der Waals surface area contributed by atoms with Crippen molar-refractivity contribution in [3.63, 3.8) is 0 Å². The summed E-state index contributed by atoms with van der Waals surface area (Å²) in [6.07, 6.45) is 4.30. The van der Waals surface area contributed by atoms with E-state index in [2.05, 4.69) is 15.3 Å². The Morgan fingerprint density at radius 3 is 2.93 bits per heavy atom. The van der Waals surface area contributed by atoms with E-state index in [-0.39, 0.29) is 5.91 Å². The highest BCUT2D eigenvalue weighted by Gasteiger charge is 2.36. The molecule has 6 nitrogen and oxygen atoms in total. The lowest BCUT2D eigenvalue weighted by atomic mass is 9.90. The van der Waals surface area contributed by atoms with Crippen molar-refractivity contribution in [3.05, 3.63) is 12.4 Å². The average molecular weight is 210 g/mol. The fourth-order valence-corrected chi connectivity index (χ4v) is 1.53. The molecular weight excluding hydrogens is 196 g/mol. The van der Waals surface area contributed by atoms with E-state index in [0.717, 1.165) is 0 Å². The van der Waals surface area contributed by atoms with E-state index >= 15 is 0 Å². The number of hydrogen-bond donors (Lipinski definition) is 3. The lowest BCUT2D eigenvalue weighted by molar-refractivity contribution is -0.124. The quantitative estimate of drug-likeness (QED) is 0.633. The number of imidazole rings is 1. The molecule has 2 heterocycles. The van der Waals surface area contributed by atoms with Crippen LogP contribution in [0.25, 0.3) is 0 Å². The maximum Gasteiger partial charge on any atom is 0.246 e. The zero-order chi connectivity index (χ0) is 10.7. The number of H-pyrrole nitrogens is 1. The zero-order valence-corrected chi connectivity index (χ0v) is 8.32. The molecule has 1 aromatic heterocycles. The molecule has 82 valence electrons.